The standard InChI is InChI=1S/C6H15O3P.HI/c1-4-7-10(8-5-2)9-6-3;/h4-6H2,1-3H3;1H. The van der Waals surface area contributed by atoms with Crippen LogP contribution in [-0.4, -0.2) is 19.8 Å². The molecule has 0 heterocycles. The molecule has 0 aliphatic rings. The van der Waals surface area contributed by atoms with E-state index in [1.807, 2.05) is 20.8 Å². The third-order valence-electron chi connectivity index (χ3n) is 0.704. The van der Waals surface area contributed by atoms with Crippen LogP contribution in [0.5, 0.6) is 0 Å². The van der Waals surface area contributed by atoms with Crippen LogP contribution in [0.15, 0.2) is 0 Å². The van der Waals surface area contributed by atoms with Gasteiger partial charge in [-0.3, -0.25) is 0 Å². The van der Waals surface area contributed by atoms with E-state index in [1.54, 1.807) is 0 Å². The minimum Gasteiger partial charge on any atom is -0.313 e. The lowest BCUT2D eigenvalue weighted by Crippen LogP contribution is -1.94. The van der Waals surface area contributed by atoms with Crippen LogP contribution in [-0.2, 0) is 13.6 Å². The number of halogens is 1. The van der Waals surface area contributed by atoms with E-state index in [4.69, 9.17) is 13.6 Å². The molecule has 0 unspecified atom stereocenters. The van der Waals surface area contributed by atoms with Gasteiger partial charge in [-0.1, -0.05) is 0 Å². The zero-order valence-corrected chi connectivity index (χ0v) is 10.4. The summed E-state index contributed by atoms with van der Waals surface area (Å²) >= 11 is 0. The Morgan fingerprint density at radius 1 is 0.818 bits per heavy atom. The smallest absolute Gasteiger partial charge is 0.313 e. The Hall–Kier alpha value is 1.04. The van der Waals surface area contributed by atoms with Gasteiger partial charge in [0.25, 0.3) is 0 Å². The highest BCUT2D eigenvalue weighted by Gasteiger charge is 2.07. The lowest BCUT2D eigenvalue weighted by atomic mass is 10.9. The van der Waals surface area contributed by atoms with Crippen LogP contribution in [0.4, 0.5) is 0 Å². The predicted molar refractivity (Wildman–Crippen MR) is 57.2 cm³/mol. The molecule has 0 radical (unpaired) electrons. The van der Waals surface area contributed by atoms with Gasteiger partial charge in [-0.15, -0.1) is 24.0 Å². The van der Waals surface area contributed by atoms with E-state index in [9.17, 15) is 0 Å². The van der Waals surface area contributed by atoms with Crippen LogP contribution in [0.25, 0.3) is 0 Å². The van der Waals surface area contributed by atoms with Gasteiger partial charge in [0.15, 0.2) is 0 Å². The van der Waals surface area contributed by atoms with Crippen molar-refractivity contribution in [3.63, 3.8) is 0 Å². The van der Waals surface area contributed by atoms with Crippen LogP contribution in [0.1, 0.15) is 20.8 Å². The zero-order valence-electron chi connectivity index (χ0n) is 7.20. The fourth-order valence-corrected chi connectivity index (χ4v) is 1.28. The maximum atomic E-state index is 5.14. The molecule has 0 atom stereocenters. The van der Waals surface area contributed by atoms with Gasteiger partial charge in [-0.25, -0.2) is 0 Å². The summed E-state index contributed by atoms with van der Waals surface area (Å²) in [6, 6.07) is 0. The van der Waals surface area contributed by atoms with Crippen LogP contribution in [0.2, 0.25) is 0 Å². The molecule has 0 aliphatic heterocycles. The summed E-state index contributed by atoms with van der Waals surface area (Å²) in [7, 11) is -1.06. The van der Waals surface area contributed by atoms with Gasteiger partial charge < -0.3 is 13.6 Å². The van der Waals surface area contributed by atoms with Crippen LogP contribution in [0.3, 0.4) is 0 Å². The summed E-state index contributed by atoms with van der Waals surface area (Å²) in [5.74, 6) is 0. The molecule has 0 rings (SSSR count). The summed E-state index contributed by atoms with van der Waals surface area (Å²) < 4.78 is 15.4. The molecular weight excluding hydrogens is 278 g/mol. The fourth-order valence-electron chi connectivity index (χ4n) is 0.428. The second-order valence-electron chi connectivity index (χ2n) is 1.48. The van der Waals surface area contributed by atoms with E-state index >= 15 is 0 Å². The lowest BCUT2D eigenvalue weighted by Gasteiger charge is -2.12. The topological polar surface area (TPSA) is 27.7 Å². The molecule has 0 N–H and O–H groups in total. The van der Waals surface area contributed by atoms with Crippen molar-refractivity contribution in [1.82, 2.24) is 0 Å². The highest BCUT2D eigenvalue weighted by Crippen LogP contribution is 2.38. The quantitative estimate of drug-likeness (QED) is 0.557. The SMILES string of the molecule is CCOP(OCC)OCC.I. The van der Waals surface area contributed by atoms with Gasteiger partial charge in [-0.2, -0.15) is 0 Å². The van der Waals surface area contributed by atoms with Crippen molar-refractivity contribution in [2.45, 2.75) is 20.8 Å². The van der Waals surface area contributed by atoms with Crippen LogP contribution < -0.4 is 0 Å². The second kappa shape index (κ2) is 11.0. The Balaban J connectivity index is 0. The van der Waals surface area contributed by atoms with Gasteiger partial charge in [-0.05, 0) is 20.8 Å². The van der Waals surface area contributed by atoms with Crippen LogP contribution >= 0.6 is 32.6 Å². The van der Waals surface area contributed by atoms with E-state index in [0.29, 0.717) is 19.8 Å². The molecular formula is C6H16IO3P. The molecule has 0 saturated carbocycles. The largest absolute Gasteiger partial charge is 0.332 e. The molecule has 11 heavy (non-hydrogen) atoms. The Labute approximate surface area is 86.8 Å². The second-order valence-corrected chi connectivity index (χ2v) is 2.70. The van der Waals surface area contributed by atoms with E-state index in [2.05, 4.69) is 0 Å². The third kappa shape index (κ3) is 8.95. The maximum absolute atomic E-state index is 5.14. The molecule has 0 spiro atoms. The van der Waals surface area contributed by atoms with Gasteiger partial charge in [0.05, 0.1) is 19.8 Å². The van der Waals surface area contributed by atoms with E-state index in [-0.39, 0.29) is 24.0 Å². The number of hydrogen-bond acceptors (Lipinski definition) is 3. The molecule has 0 aliphatic carbocycles. The van der Waals surface area contributed by atoms with Gasteiger partial charge >= 0.3 is 8.60 Å². The van der Waals surface area contributed by atoms with Gasteiger partial charge in [0.2, 0.25) is 0 Å². The lowest BCUT2D eigenvalue weighted by molar-refractivity contribution is 0.176. The number of rotatable bonds is 6. The molecule has 0 aromatic rings. The predicted octanol–water partition coefficient (Wildman–Crippen LogP) is 2.94. The van der Waals surface area contributed by atoms with Crippen molar-refractivity contribution in [2.75, 3.05) is 19.8 Å². The van der Waals surface area contributed by atoms with Crippen LogP contribution in [0, 0.1) is 0 Å². The minimum atomic E-state index is -1.06. The van der Waals surface area contributed by atoms with Gasteiger partial charge in [0, 0.05) is 0 Å². The van der Waals surface area contributed by atoms with Crippen molar-refractivity contribution >= 4 is 32.6 Å². The highest BCUT2D eigenvalue weighted by molar-refractivity contribution is 14.0. The van der Waals surface area contributed by atoms with Crippen molar-refractivity contribution in [2.24, 2.45) is 0 Å². The van der Waals surface area contributed by atoms with Crippen molar-refractivity contribution in [1.29, 1.82) is 0 Å². The Kier molecular flexibility index (Phi) is 14.6. The molecule has 0 bridgehead atoms. The minimum absolute atomic E-state index is 0. The van der Waals surface area contributed by atoms with E-state index in [0.717, 1.165) is 0 Å². The average molecular weight is 294 g/mol. The summed E-state index contributed by atoms with van der Waals surface area (Å²) in [6.07, 6.45) is 0. The molecule has 5 heteroatoms. The first-order chi connectivity index (χ1) is 4.85. The molecule has 0 fully saturated rings. The normalized spacial score (nSPS) is 9.82. The zero-order chi connectivity index (χ0) is 7.82. The first-order valence-corrected chi connectivity index (χ1v) is 4.63. The Morgan fingerprint density at radius 2 is 1.09 bits per heavy atom. The molecule has 3 nitrogen and oxygen atoms in total. The summed E-state index contributed by atoms with van der Waals surface area (Å²) in [5, 5.41) is 0. The molecule has 70 valence electrons. The van der Waals surface area contributed by atoms with E-state index < -0.39 is 8.60 Å². The summed E-state index contributed by atoms with van der Waals surface area (Å²) in [6.45, 7) is 7.71. The molecule has 0 amide bonds. The summed E-state index contributed by atoms with van der Waals surface area (Å²) in [4.78, 5) is 0. The van der Waals surface area contributed by atoms with Gasteiger partial charge in [0.1, 0.15) is 0 Å². The Bertz CT molecular complexity index is 60.6. The Morgan fingerprint density at radius 3 is 1.27 bits per heavy atom. The monoisotopic (exact) mass is 294 g/mol. The fraction of sp³-hybridized carbons (Fsp3) is 1.00. The van der Waals surface area contributed by atoms with Crippen molar-refractivity contribution in [3.05, 3.63) is 0 Å². The third-order valence-corrected chi connectivity index (χ3v) is 2.11. The highest BCUT2D eigenvalue weighted by atomic mass is 127. The summed E-state index contributed by atoms with van der Waals surface area (Å²) in [5.41, 5.74) is 0. The molecule has 0 aromatic carbocycles. The van der Waals surface area contributed by atoms with Crippen molar-refractivity contribution < 1.29 is 13.6 Å². The first kappa shape index (κ1) is 14.6. The van der Waals surface area contributed by atoms with Crippen molar-refractivity contribution in [3.8, 4) is 0 Å². The average Bonchev–Trinajstić information content (AvgIpc) is 1.90. The van der Waals surface area contributed by atoms with E-state index in [1.165, 1.54) is 0 Å². The maximum Gasteiger partial charge on any atom is 0.332 e. The number of hydrogen-bond donors (Lipinski definition) is 0. The molecule has 0 aromatic heterocycles. The molecule has 0 saturated heterocycles. The first-order valence-electron chi connectivity index (χ1n) is 3.54.